The Morgan fingerprint density at radius 2 is 1.64 bits per heavy atom. The Bertz CT molecular complexity index is 1440. The summed E-state index contributed by atoms with van der Waals surface area (Å²) in [5, 5.41) is 2.65. The van der Waals surface area contributed by atoms with E-state index in [2.05, 4.69) is 17.4 Å². The number of anilines is 2. The number of nitrogens with zero attached hydrogens (tertiary/aromatic N) is 1. The molecule has 0 unspecified atom stereocenters. The second-order valence-electron chi connectivity index (χ2n) is 10.4. The van der Waals surface area contributed by atoms with E-state index in [-0.39, 0.29) is 41.0 Å². The molecule has 2 aliphatic carbocycles. The number of hydrogen-bond donors (Lipinski definition) is 1. The van der Waals surface area contributed by atoms with E-state index in [0.717, 1.165) is 12.8 Å². The van der Waals surface area contributed by atoms with Crippen molar-refractivity contribution in [2.24, 2.45) is 23.7 Å². The molecule has 0 aromatic heterocycles. The van der Waals surface area contributed by atoms with Gasteiger partial charge in [-0.3, -0.25) is 19.3 Å². The molecule has 3 aromatic carbocycles. The van der Waals surface area contributed by atoms with E-state index in [1.54, 1.807) is 36.4 Å². The molecule has 39 heavy (non-hydrogen) atoms. The highest BCUT2D eigenvalue weighted by molar-refractivity contribution is 6.22. The Kier molecular flexibility index (Phi) is 6.38. The second-order valence-corrected chi connectivity index (χ2v) is 10.4. The molecule has 3 amide bonds. The van der Waals surface area contributed by atoms with Crippen LogP contribution in [0.1, 0.15) is 34.7 Å². The highest BCUT2D eigenvalue weighted by Crippen LogP contribution is 2.61. The molecule has 1 saturated heterocycles. The highest BCUT2D eigenvalue weighted by Gasteiger charge is 2.64. The van der Waals surface area contributed by atoms with Crippen molar-refractivity contribution in [1.82, 2.24) is 0 Å². The Labute approximate surface area is 225 Å². The first-order chi connectivity index (χ1) is 18.9. The summed E-state index contributed by atoms with van der Waals surface area (Å²) in [6.45, 7) is -0.463. The standard InChI is InChI=1S/C31H28N2O6/c1-38-23-9-5-8-21(16-23)32-26(34)17-39-31(37)19-10-12-22(13-11-19)33-29(35)27-20-14-24(18-6-3-2-4-7-18)25(15-20)28(27)30(33)36/h2-13,16,20,24-25,27-28H,14-15,17H2,1H3,(H,32,34)/t20-,24+,25+,27+,28-/m0/s1. The van der Waals surface area contributed by atoms with E-state index in [4.69, 9.17) is 9.47 Å². The number of nitrogens with one attached hydrogen (secondary N) is 1. The maximum atomic E-state index is 13.5. The van der Waals surface area contributed by atoms with Gasteiger partial charge in [0.05, 0.1) is 30.2 Å². The summed E-state index contributed by atoms with van der Waals surface area (Å²) in [5.41, 5.74) is 2.42. The van der Waals surface area contributed by atoms with Gasteiger partial charge in [-0.2, -0.15) is 0 Å². The zero-order valence-electron chi connectivity index (χ0n) is 21.4. The Hall–Kier alpha value is -4.46. The predicted molar refractivity (Wildman–Crippen MR) is 143 cm³/mol. The molecule has 5 atom stereocenters. The molecule has 2 bridgehead atoms. The molecule has 2 saturated carbocycles. The van der Waals surface area contributed by atoms with Gasteiger partial charge in [0.25, 0.3) is 5.91 Å². The van der Waals surface area contributed by atoms with Crippen molar-refractivity contribution in [3.05, 3.63) is 90.0 Å². The normalized spacial score (nSPS) is 24.9. The molecule has 3 aliphatic rings. The lowest BCUT2D eigenvalue weighted by molar-refractivity contribution is -0.123. The summed E-state index contributed by atoms with van der Waals surface area (Å²) in [6.07, 6.45) is 1.84. The monoisotopic (exact) mass is 524 g/mol. The lowest BCUT2D eigenvalue weighted by Crippen LogP contribution is -2.33. The number of carbonyl (C=O) groups excluding carboxylic acids is 4. The van der Waals surface area contributed by atoms with Crippen molar-refractivity contribution < 1.29 is 28.7 Å². The molecule has 198 valence electrons. The predicted octanol–water partition coefficient (Wildman–Crippen LogP) is 4.42. The Balaban J connectivity index is 1.09. The maximum Gasteiger partial charge on any atom is 0.338 e. The first-order valence-electron chi connectivity index (χ1n) is 13.1. The molecule has 8 heteroatoms. The number of rotatable bonds is 7. The van der Waals surface area contributed by atoms with Crippen molar-refractivity contribution >= 4 is 35.1 Å². The zero-order valence-corrected chi connectivity index (χ0v) is 21.4. The third-order valence-electron chi connectivity index (χ3n) is 8.29. The molecule has 0 spiro atoms. The number of imide groups is 1. The molecular formula is C31H28N2O6. The fourth-order valence-electron chi connectivity index (χ4n) is 6.66. The van der Waals surface area contributed by atoms with Crippen LogP contribution in [0.3, 0.4) is 0 Å². The van der Waals surface area contributed by atoms with Crippen LogP contribution in [0.25, 0.3) is 0 Å². The van der Waals surface area contributed by atoms with Crippen LogP contribution >= 0.6 is 0 Å². The van der Waals surface area contributed by atoms with Crippen molar-refractivity contribution in [2.45, 2.75) is 18.8 Å². The zero-order chi connectivity index (χ0) is 27.1. The van der Waals surface area contributed by atoms with E-state index in [1.807, 2.05) is 18.2 Å². The molecule has 0 radical (unpaired) electrons. The van der Waals surface area contributed by atoms with E-state index in [0.29, 0.717) is 23.0 Å². The number of methoxy groups -OCH3 is 1. The first kappa shape index (κ1) is 24.9. The summed E-state index contributed by atoms with van der Waals surface area (Å²) >= 11 is 0. The summed E-state index contributed by atoms with van der Waals surface area (Å²) in [7, 11) is 1.53. The summed E-state index contributed by atoms with van der Waals surface area (Å²) < 4.78 is 10.3. The molecule has 1 N–H and O–H groups in total. The molecule has 1 heterocycles. The van der Waals surface area contributed by atoms with Gasteiger partial charge < -0.3 is 14.8 Å². The van der Waals surface area contributed by atoms with Crippen molar-refractivity contribution in [3.63, 3.8) is 0 Å². The van der Waals surface area contributed by atoms with Crippen LogP contribution in [0.2, 0.25) is 0 Å². The minimum absolute atomic E-state index is 0.145. The van der Waals surface area contributed by atoms with Crippen LogP contribution in [0.4, 0.5) is 11.4 Å². The number of hydrogen-bond acceptors (Lipinski definition) is 6. The van der Waals surface area contributed by atoms with Crippen LogP contribution in [0.15, 0.2) is 78.9 Å². The van der Waals surface area contributed by atoms with Crippen LogP contribution in [0.5, 0.6) is 5.75 Å². The highest BCUT2D eigenvalue weighted by atomic mass is 16.5. The quantitative estimate of drug-likeness (QED) is 0.363. The molecular weight excluding hydrogens is 496 g/mol. The van der Waals surface area contributed by atoms with Gasteiger partial charge in [-0.15, -0.1) is 0 Å². The number of ether oxygens (including phenoxy) is 2. The van der Waals surface area contributed by atoms with Gasteiger partial charge in [0, 0.05) is 11.8 Å². The van der Waals surface area contributed by atoms with E-state index >= 15 is 0 Å². The van der Waals surface area contributed by atoms with Crippen LogP contribution in [-0.2, 0) is 19.1 Å². The largest absolute Gasteiger partial charge is 0.497 e. The van der Waals surface area contributed by atoms with Gasteiger partial charge in [-0.1, -0.05) is 36.4 Å². The average molecular weight is 525 g/mol. The van der Waals surface area contributed by atoms with E-state index < -0.39 is 18.5 Å². The number of fused-ring (bicyclic) bond motifs is 5. The van der Waals surface area contributed by atoms with E-state index in [1.165, 1.54) is 29.7 Å². The lowest BCUT2D eigenvalue weighted by atomic mass is 9.73. The fourth-order valence-corrected chi connectivity index (χ4v) is 6.66. The summed E-state index contributed by atoms with van der Waals surface area (Å²) in [4.78, 5) is 52.9. The van der Waals surface area contributed by atoms with Gasteiger partial charge in [0.2, 0.25) is 11.8 Å². The molecule has 3 aromatic rings. The Morgan fingerprint density at radius 1 is 0.897 bits per heavy atom. The van der Waals surface area contributed by atoms with Gasteiger partial charge in [0.1, 0.15) is 5.75 Å². The number of carbonyl (C=O) groups is 4. The number of esters is 1. The number of benzene rings is 3. The molecule has 1 aliphatic heterocycles. The average Bonchev–Trinajstić information content (AvgIpc) is 3.63. The third-order valence-corrected chi connectivity index (χ3v) is 8.29. The van der Waals surface area contributed by atoms with Crippen LogP contribution in [0, 0.1) is 23.7 Å². The smallest absolute Gasteiger partial charge is 0.338 e. The van der Waals surface area contributed by atoms with Gasteiger partial charge in [-0.25, -0.2) is 4.79 Å². The summed E-state index contributed by atoms with van der Waals surface area (Å²) in [5.74, 6) is -0.760. The lowest BCUT2D eigenvalue weighted by Gasteiger charge is -2.28. The van der Waals surface area contributed by atoms with Gasteiger partial charge in [-0.05, 0) is 72.6 Å². The van der Waals surface area contributed by atoms with Crippen molar-refractivity contribution in [1.29, 1.82) is 0 Å². The topological polar surface area (TPSA) is 102 Å². The molecule has 8 nitrogen and oxygen atoms in total. The minimum atomic E-state index is -0.679. The van der Waals surface area contributed by atoms with Crippen molar-refractivity contribution in [3.8, 4) is 5.75 Å². The number of amides is 3. The maximum absolute atomic E-state index is 13.5. The van der Waals surface area contributed by atoms with Gasteiger partial charge in [0.15, 0.2) is 6.61 Å². The van der Waals surface area contributed by atoms with E-state index in [9.17, 15) is 19.2 Å². The summed E-state index contributed by atoms with van der Waals surface area (Å²) in [6, 6.07) is 23.3. The fraction of sp³-hybridized carbons (Fsp3) is 0.290. The molecule has 6 rings (SSSR count). The third kappa shape index (κ3) is 4.46. The van der Waals surface area contributed by atoms with Crippen LogP contribution < -0.4 is 15.0 Å². The minimum Gasteiger partial charge on any atom is -0.497 e. The van der Waals surface area contributed by atoms with Gasteiger partial charge >= 0.3 is 5.97 Å². The second kappa shape index (κ2) is 10.0. The Morgan fingerprint density at radius 3 is 2.38 bits per heavy atom. The molecule has 3 fully saturated rings. The first-order valence-corrected chi connectivity index (χ1v) is 13.1. The van der Waals surface area contributed by atoms with Crippen LogP contribution in [-0.4, -0.2) is 37.4 Å². The van der Waals surface area contributed by atoms with Crippen molar-refractivity contribution in [2.75, 3.05) is 23.9 Å². The SMILES string of the molecule is COc1cccc(NC(=O)COC(=O)c2ccc(N3C(=O)[C@@H]4[C@@H]5C[C@@H]([C@@H]4C3=O)[C@@H](c3ccccc3)C5)cc2)c1.